The molecule has 12 rings (SSSR count). The standard InChI is InChI=1S/C53H35N4OP/c58-59(39-15-3-1-4-16-39,40-17-5-2-6-18-40)53-35-38(31-32-54-53)57-51-29-27-36(55-47-23-11-7-19-41(47)42-20-8-12-24-48(42)55)33-45(51)46-34-37(28-30-52(46)57)56-49-25-13-9-21-43(49)44-22-10-14-26-50(44)56/h1-35H. The smallest absolute Gasteiger partial charge is 0.188 e. The van der Waals surface area contributed by atoms with E-state index in [1.165, 1.54) is 43.6 Å². The highest BCUT2D eigenvalue weighted by atomic mass is 31.2. The van der Waals surface area contributed by atoms with Gasteiger partial charge in [0.1, 0.15) is 5.44 Å². The second-order valence-electron chi connectivity index (χ2n) is 15.1. The van der Waals surface area contributed by atoms with Gasteiger partial charge in [-0.05, 0) is 72.8 Å². The summed E-state index contributed by atoms with van der Waals surface area (Å²) < 4.78 is 22.6. The van der Waals surface area contributed by atoms with Crippen molar-refractivity contribution in [1.82, 2.24) is 18.7 Å². The number of fused-ring (bicyclic) bond motifs is 9. The van der Waals surface area contributed by atoms with Gasteiger partial charge in [0.25, 0.3) is 0 Å². The van der Waals surface area contributed by atoms with E-state index in [9.17, 15) is 0 Å². The summed E-state index contributed by atoms with van der Waals surface area (Å²) in [4.78, 5) is 4.86. The summed E-state index contributed by atoms with van der Waals surface area (Å²) >= 11 is 0. The summed E-state index contributed by atoms with van der Waals surface area (Å²) in [6.45, 7) is 0. The Bertz CT molecular complexity index is 3330. The van der Waals surface area contributed by atoms with Crippen LogP contribution in [-0.2, 0) is 4.57 Å². The third-order valence-electron chi connectivity index (χ3n) is 12.0. The van der Waals surface area contributed by atoms with E-state index in [1.807, 2.05) is 72.8 Å². The maximum Gasteiger partial charge on any atom is 0.188 e. The second-order valence-corrected chi connectivity index (χ2v) is 17.8. The zero-order chi connectivity index (χ0) is 39.1. The minimum atomic E-state index is -3.33. The number of pyridine rings is 1. The summed E-state index contributed by atoms with van der Waals surface area (Å²) in [6, 6.07) is 71.8. The molecule has 0 N–H and O–H groups in total. The lowest BCUT2D eigenvalue weighted by atomic mass is 10.1. The number of aromatic nitrogens is 4. The average Bonchev–Trinajstić information content (AvgIpc) is 3.94. The monoisotopic (exact) mass is 774 g/mol. The number of nitrogens with zero attached hydrogens (tertiary/aromatic N) is 4. The molecule has 12 aromatic rings. The molecule has 4 aromatic heterocycles. The molecule has 0 aliphatic carbocycles. The number of hydrogen-bond acceptors (Lipinski definition) is 2. The molecule has 0 radical (unpaired) electrons. The Morgan fingerprint density at radius 1 is 0.322 bits per heavy atom. The highest BCUT2D eigenvalue weighted by Gasteiger charge is 2.32. The van der Waals surface area contributed by atoms with Crippen molar-refractivity contribution in [2.24, 2.45) is 0 Å². The summed E-state index contributed by atoms with van der Waals surface area (Å²) in [7, 11) is -3.33. The molecule has 0 atom stereocenters. The van der Waals surface area contributed by atoms with E-state index in [1.54, 1.807) is 6.20 Å². The quantitative estimate of drug-likeness (QED) is 0.158. The first kappa shape index (κ1) is 33.7. The molecule has 0 spiro atoms. The van der Waals surface area contributed by atoms with Gasteiger partial charge in [0, 0.05) is 60.5 Å². The molecule has 4 heterocycles. The first-order valence-corrected chi connectivity index (χ1v) is 21.6. The Morgan fingerprint density at radius 2 is 0.661 bits per heavy atom. The molecule has 0 amide bonds. The predicted molar refractivity (Wildman–Crippen MR) is 247 cm³/mol. The van der Waals surface area contributed by atoms with E-state index in [0.29, 0.717) is 5.44 Å². The SMILES string of the molecule is O=P(c1ccccc1)(c1ccccc1)c1cc(-n2c3ccc(-n4c5ccccc5c5ccccc54)cc3c3cc(-n4c5ccccc5c5ccccc54)ccc32)ccn1. The molecular weight excluding hydrogens is 740 g/mol. The van der Waals surface area contributed by atoms with Gasteiger partial charge in [-0.1, -0.05) is 133 Å². The zero-order valence-corrected chi connectivity index (χ0v) is 32.7. The lowest BCUT2D eigenvalue weighted by Crippen LogP contribution is -2.27. The van der Waals surface area contributed by atoms with Crippen molar-refractivity contribution >= 4 is 88.6 Å². The molecule has 0 fully saturated rings. The second kappa shape index (κ2) is 13.0. The fourth-order valence-electron chi connectivity index (χ4n) is 9.37. The highest BCUT2D eigenvalue weighted by molar-refractivity contribution is 7.85. The summed E-state index contributed by atoms with van der Waals surface area (Å²) in [5.74, 6) is 0. The lowest BCUT2D eigenvalue weighted by Gasteiger charge is -2.20. The van der Waals surface area contributed by atoms with Crippen molar-refractivity contribution in [3.05, 3.63) is 212 Å². The van der Waals surface area contributed by atoms with Gasteiger partial charge in [-0.3, -0.25) is 4.98 Å². The zero-order valence-electron chi connectivity index (χ0n) is 31.9. The number of rotatable bonds is 6. The summed E-state index contributed by atoms with van der Waals surface area (Å²) in [5.41, 5.74) is 10.4. The van der Waals surface area contributed by atoms with Crippen molar-refractivity contribution in [2.75, 3.05) is 0 Å². The van der Waals surface area contributed by atoms with Crippen LogP contribution in [0.3, 0.4) is 0 Å². The molecule has 6 heteroatoms. The van der Waals surface area contributed by atoms with E-state index in [2.05, 4.69) is 147 Å². The molecular formula is C53H35N4OP. The molecule has 5 nitrogen and oxygen atoms in total. The normalized spacial score (nSPS) is 12.1. The summed E-state index contributed by atoms with van der Waals surface area (Å²) in [6.07, 6.45) is 1.81. The third kappa shape index (κ3) is 4.99. The molecule has 0 aliphatic heterocycles. The van der Waals surface area contributed by atoms with Gasteiger partial charge in [0.2, 0.25) is 0 Å². The van der Waals surface area contributed by atoms with Gasteiger partial charge >= 0.3 is 0 Å². The lowest BCUT2D eigenvalue weighted by molar-refractivity contribution is 0.592. The van der Waals surface area contributed by atoms with Gasteiger partial charge in [-0.25, -0.2) is 0 Å². The number of hydrogen-bond donors (Lipinski definition) is 0. The van der Waals surface area contributed by atoms with E-state index >= 15 is 4.57 Å². The van der Waals surface area contributed by atoms with Gasteiger partial charge in [-0.2, -0.15) is 0 Å². The van der Waals surface area contributed by atoms with Crippen molar-refractivity contribution < 1.29 is 4.57 Å². The van der Waals surface area contributed by atoms with Crippen molar-refractivity contribution in [1.29, 1.82) is 0 Å². The number of para-hydroxylation sites is 4. The third-order valence-corrected chi connectivity index (χ3v) is 14.9. The minimum Gasteiger partial charge on any atom is -0.309 e. The molecule has 0 unspecified atom stereocenters. The van der Waals surface area contributed by atoms with Crippen molar-refractivity contribution in [2.45, 2.75) is 0 Å². The van der Waals surface area contributed by atoms with E-state index in [-0.39, 0.29) is 0 Å². The maximum atomic E-state index is 15.6. The van der Waals surface area contributed by atoms with E-state index < -0.39 is 7.14 Å². The molecule has 0 aliphatic rings. The molecule has 278 valence electrons. The van der Waals surface area contributed by atoms with Crippen LogP contribution in [-0.4, -0.2) is 18.7 Å². The average molecular weight is 775 g/mol. The first-order chi connectivity index (χ1) is 29.2. The van der Waals surface area contributed by atoms with Gasteiger partial charge in [0.05, 0.1) is 38.8 Å². The van der Waals surface area contributed by atoms with Crippen LogP contribution in [0.5, 0.6) is 0 Å². The van der Waals surface area contributed by atoms with Crippen LogP contribution in [0.4, 0.5) is 0 Å². The van der Waals surface area contributed by atoms with E-state index in [0.717, 1.165) is 49.5 Å². The first-order valence-electron chi connectivity index (χ1n) is 19.9. The Hall–Kier alpha value is -7.46. The molecule has 0 bridgehead atoms. The Kier molecular flexibility index (Phi) is 7.44. The van der Waals surface area contributed by atoms with E-state index in [4.69, 9.17) is 4.98 Å². The fourth-order valence-corrected chi connectivity index (χ4v) is 11.9. The van der Waals surface area contributed by atoms with Crippen LogP contribution < -0.4 is 16.0 Å². The van der Waals surface area contributed by atoms with Crippen LogP contribution in [0.15, 0.2) is 212 Å². The van der Waals surface area contributed by atoms with Crippen molar-refractivity contribution in [3.63, 3.8) is 0 Å². The van der Waals surface area contributed by atoms with Crippen molar-refractivity contribution in [3.8, 4) is 17.1 Å². The fraction of sp³-hybridized carbons (Fsp3) is 0. The van der Waals surface area contributed by atoms with Crippen LogP contribution in [0, 0.1) is 0 Å². The van der Waals surface area contributed by atoms with Gasteiger partial charge < -0.3 is 18.3 Å². The van der Waals surface area contributed by atoms with Crippen LogP contribution in [0.25, 0.3) is 82.5 Å². The largest absolute Gasteiger partial charge is 0.309 e. The van der Waals surface area contributed by atoms with Gasteiger partial charge in [0.15, 0.2) is 7.14 Å². The predicted octanol–water partition coefficient (Wildman–Crippen LogP) is 12.0. The van der Waals surface area contributed by atoms with Crippen LogP contribution >= 0.6 is 7.14 Å². The minimum absolute atomic E-state index is 0.547. The van der Waals surface area contributed by atoms with Crippen LogP contribution in [0.2, 0.25) is 0 Å². The maximum absolute atomic E-state index is 15.6. The van der Waals surface area contributed by atoms with Crippen LogP contribution in [0.1, 0.15) is 0 Å². The Labute approximate surface area is 340 Å². The molecule has 59 heavy (non-hydrogen) atoms. The molecule has 0 saturated heterocycles. The Morgan fingerprint density at radius 3 is 1.07 bits per heavy atom. The summed E-state index contributed by atoms with van der Waals surface area (Å²) in [5, 5.41) is 8.66. The number of benzene rings is 8. The topological polar surface area (TPSA) is 44.8 Å². The van der Waals surface area contributed by atoms with Gasteiger partial charge in [-0.15, -0.1) is 0 Å². The Balaban J connectivity index is 1.14. The highest BCUT2D eigenvalue weighted by Crippen LogP contribution is 2.43. The molecule has 8 aromatic carbocycles. The molecule has 0 saturated carbocycles.